The smallest absolute Gasteiger partial charge is 0.192 e. The average Bonchev–Trinajstić information content (AvgIpc) is 3.53. The van der Waals surface area contributed by atoms with Crippen LogP contribution >= 0.6 is 11.6 Å². The number of hydrogen-bond donors (Lipinski definition) is 2. The molecule has 0 fully saturated rings. The molecule has 3 N–H and O–H groups in total. The van der Waals surface area contributed by atoms with E-state index < -0.39 is 0 Å². The van der Waals surface area contributed by atoms with E-state index in [9.17, 15) is 0 Å². The Morgan fingerprint density at radius 1 is 1.23 bits per heavy atom. The van der Waals surface area contributed by atoms with Crippen molar-refractivity contribution in [2.24, 2.45) is 16.2 Å². The Bertz CT molecular complexity index is 1210. The minimum absolute atomic E-state index is 0.446. The van der Waals surface area contributed by atoms with Crippen LogP contribution in [0.25, 0.3) is 23.0 Å². The molecule has 31 heavy (non-hydrogen) atoms. The van der Waals surface area contributed by atoms with Gasteiger partial charge in [0.2, 0.25) is 0 Å². The van der Waals surface area contributed by atoms with Gasteiger partial charge in [0.25, 0.3) is 0 Å². The number of fused-ring (bicyclic) bond motifs is 1. The Balaban J connectivity index is 1.33. The zero-order valence-corrected chi connectivity index (χ0v) is 17.3. The predicted molar refractivity (Wildman–Crippen MR) is 114 cm³/mol. The van der Waals surface area contributed by atoms with Crippen LogP contribution < -0.4 is 5.84 Å². The maximum atomic E-state index is 6.16. The van der Waals surface area contributed by atoms with Crippen LogP contribution in [0.4, 0.5) is 5.82 Å². The van der Waals surface area contributed by atoms with E-state index in [-0.39, 0.29) is 0 Å². The SMILES string of the molecule is NN=Nc1c(-c2n[nH]c(-c3ccco3)n2)cnn1CCN1CCc2ccc(Cl)cc2C1. The molecule has 0 amide bonds. The monoisotopic (exact) mass is 437 g/mol. The second-order valence-corrected chi connectivity index (χ2v) is 7.68. The van der Waals surface area contributed by atoms with Gasteiger partial charge in [-0.1, -0.05) is 22.9 Å². The van der Waals surface area contributed by atoms with E-state index in [1.807, 2.05) is 12.1 Å². The molecule has 1 aliphatic rings. The molecular weight excluding hydrogens is 418 g/mol. The van der Waals surface area contributed by atoms with Crippen molar-refractivity contribution in [3.05, 3.63) is 58.9 Å². The van der Waals surface area contributed by atoms with Crippen LogP contribution in [0.3, 0.4) is 0 Å². The first-order chi connectivity index (χ1) is 15.2. The number of halogens is 1. The molecule has 0 unspecified atom stereocenters. The Kier molecular flexibility index (Phi) is 5.23. The third kappa shape index (κ3) is 3.94. The molecule has 3 aromatic heterocycles. The van der Waals surface area contributed by atoms with Gasteiger partial charge in [-0.15, -0.1) is 5.11 Å². The van der Waals surface area contributed by atoms with Crippen molar-refractivity contribution in [1.29, 1.82) is 0 Å². The first kappa shape index (κ1) is 19.5. The lowest BCUT2D eigenvalue weighted by atomic mass is 10.00. The lowest BCUT2D eigenvalue weighted by Gasteiger charge is -2.28. The number of nitrogens with one attached hydrogen (secondary N) is 1. The largest absolute Gasteiger partial charge is 0.461 e. The van der Waals surface area contributed by atoms with Crippen LogP contribution in [-0.4, -0.2) is 43.0 Å². The maximum absolute atomic E-state index is 6.16. The molecule has 1 aliphatic heterocycles. The van der Waals surface area contributed by atoms with Gasteiger partial charge in [0, 0.05) is 24.7 Å². The summed E-state index contributed by atoms with van der Waals surface area (Å²) in [5.74, 6) is 7.43. The van der Waals surface area contributed by atoms with Gasteiger partial charge in [-0.3, -0.25) is 10.00 Å². The number of nitrogens with two attached hydrogens (primary N) is 1. The van der Waals surface area contributed by atoms with Crippen LogP contribution in [0.1, 0.15) is 11.1 Å². The highest BCUT2D eigenvalue weighted by Crippen LogP contribution is 2.30. The Hall–Kier alpha value is -3.50. The number of aromatic nitrogens is 5. The summed E-state index contributed by atoms with van der Waals surface area (Å²) in [7, 11) is 0. The van der Waals surface area contributed by atoms with Gasteiger partial charge in [-0.2, -0.15) is 10.2 Å². The molecule has 4 aromatic rings. The molecule has 0 saturated heterocycles. The fraction of sp³-hybridized carbons (Fsp3) is 0.250. The molecule has 0 atom stereocenters. The number of nitrogens with zero attached hydrogens (tertiary/aromatic N) is 7. The molecule has 5 rings (SSSR count). The van der Waals surface area contributed by atoms with Gasteiger partial charge < -0.3 is 10.3 Å². The number of aromatic amines is 1. The molecule has 158 valence electrons. The van der Waals surface area contributed by atoms with Crippen molar-refractivity contribution in [3.8, 4) is 23.0 Å². The summed E-state index contributed by atoms with van der Waals surface area (Å²) in [5.41, 5.74) is 3.27. The summed E-state index contributed by atoms with van der Waals surface area (Å²) < 4.78 is 7.13. The lowest BCUT2D eigenvalue weighted by Crippen LogP contribution is -2.33. The van der Waals surface area contributed by atoms with Crippen molar-refractivity contribution in [2.75, 3.05) is 13.1 Å². The molecule has 4 heterocycles. The molecule has 10 nitrogen and oxygen atoms in total. The predicted octanol–water partition coefficient (Wildman–Crippen LogP) is 3.60. The molecule has 0 radical (unpaired) electrons. The maximum Gasteiger partial charge on any atom is 0.192 e. The van der Waals surface area contributed by atoms with E-state index in [1.54, 1.807) is 29.3 Å². The third-order valence-corrected chi connectivity index (χ3v) is 5.57. The van der Waals surface area contributed by atoms with E-state index in [0.717, 1.165) is 31.1 Å². The minimum atomic E-state index is 0.446. The number of furan rings is 1. The topological polar surface area (TPSA) is 127 Å². The number of rotatable bonds is 6. The fourth-order valence-corrected chi connectivity index (χ4v) is 3.97. The summed E-state index contributed by atoms with van der Waals surface area (Å²) in [6, 6.07) is 9.70. The second kappa shape index (κ2) is 8.32. The van der Waals surface area contributed by atoms with Crippen molar-refractivity contribution in [1.82, 2.24) is 29.9 Å². The highest BCUT2D eigenvalue weighted by molar-refractivity contribution is 6.30. The van der Waals surface area contributed by atoms with Gasteiger partial charge in [0.1, 0.15) is 0 Å². The Labute approximate surface area is 182 Å². The van der Waals surface area contributed by atoms with Crippen molar-refractivity contribution < 1.29 is 4.42 Å². The zero-order chi connectivity index (χ0) is 21.2. The van der Waals surface area contributed by atoms with Gasteiger partial charge in [0.05, 0.1) is 24.6 Å². The van der Waals surface area contributed by atoms with Crippen LogP contribution in [0.2, 0.25) is 5.02 Å². The Morgan fingerprint density at radius 2 is 2.16 bits per heavy atom. The van der Waals surface area contributed by atoms with Crippen molar-refractivity contribution >= 4 is 17.4 Å². The highest BCUT2D eigenvalue weighted by atomic mass is 35.5. The van der Waals surface area contributed by atoms with E-state index >= 15 is 0 Å². The quantitative estimate of drug-likeness (QED) is 0.269. The van der Waals surface area contributed by atoms with Gasteiger partial charge >= 0.3 is 0 Å². The van der Waals surface area contributed by atoms with Gasteiger partial charge in [0.15, 0.2) is 23.2 Å². The third-order valence-electron chi connectivity index (χ3n) is 5.33. The first-order valence-corrected chi connectivity index (χ1v) is 10.2. The minimum Gasteiger partial charge on any atom is -0.461 e. The summed E-state index contributed by atoms with van der Waals surface area (Å²) in [4.78, 5) is 6.85. The van der Waals surface area contributed by atoms with E-state index in [0.29, 0.717) is 35.3 Å². The van der Waals surface area contributed by atoms with E-state index in [4.69, 9.17) is 21.9 Å². The van der Waals surface area contributed by atoms with Gasteiger partial charge in [-0.05, 0) is 41.8 Å². The standard InChI is InChI=1S/C20H20ClN9O/c21-15-4-3-13-5-6-29(12-14(13)10-15)7-8-30-20(27-28-22)16(11-23-30)18-24-19(26-25-18)17-2-1-9-31-17/h1-4,9-11H,5-8,12H2,(H2,22,27)(H,24,25,26). The molecule has 0 bridgehead atoms. The molecular formula is C20H20ClN9O. The number of H-pyrrole nitrogens is 1. The average molecular weight is 438 g/mol. The van der Waals surface area contributed by atoms with Crippen LogP contribution in [0.5, 0.6) is 0 Å². The highest BCUT2D eigenvalue weighted by Gasteiger charge is 2.20. The molecule has 0 aliphatic carbocycles. The number of hydrogen-bond acceptors (Lipinski definition) is 7. The summed E-state index contributed by atoms with van der Waals surface area (Å²) in [6.07, 6.45) is 4.25. The van der Waals surface area contributed by atoms with Gasteiger partial charge in [-0.25, -0.2) is 9.67 Å². The van der Waals surface area contributed by atoms with E-state index in [2.05, 4.69) is 41.6 Å². The first-order valence-electron chi connectivity index (χ1n) is 9.84. The molecule has 0 saturated carbocycles. The molecule has 11 heteroatoms. The normalized spacial score (nSPS) is 14.4. The fourth-order valence-electron chi connectivity index (χ4n) is 3.78. The van der Waals surface area contributed by atoms with E-state index in [1.165, 1.54) is 11.1 Å². The van der Waals surface area contributed by atoms with Crippen LogP contribution in [-0.2, 0) is 19.5 Å². The lowest BCUT2D eigenvalue weighted by molar-refractivity contribution is 0.240. The van der Waals surface area contributed by atoms with Crippen molar-refractivity contribution in [3.63, 3.8) is 0 Å². The van der Waals surface area contributed by atoms with Crippen LogP contribution in [0.15, 0.2) is 57.5 Å². The summed E-state index contributed by atoms with van der Waals surface area (Å²) in [5, 5.41) is 19.9. The van der Waals surface area contributed by atoms with Crippen molar-refractivity contribution in [2.45, 2.75) is 19.5 Å². The van der Waals surface area contributed by atoms with Crippen LogP contribution in [0, 0.1) is 0 Å². The number of benzene rings is 1. The second-order valence-electron chi connectivity index (χ2n) is 7.24. The Morgan fingerprint density at radius 3 is 3.00 bits per heavy atom. The zero-order valence-electron chi connectivity index (χ0n) is 16.6. The summed E-state index contributed by atoms with van der Waals surface area (Å²) in [6.45, 7) is 3.25. The summed E-state index contributed by atoms with van der Waals surface area (Å²) >= 11 is 6.16. The molecule has 0 spiro atoms. The molecule has 1 aromatic carbocycles.